The van der Waals surface area contributed by atoms with Gasteiger partial charge in [-0.05, 0) is 48.9 Å². The predicted molar refractivity (Wildman–Crippen MR) is 110 cm³/mol. The second kappa shape index (κ2) is 10.7. The predicted octanol–water partition coefficient (Wildman–Crippen LogP) is 4.71. The van der Waals surface area contributed by atoms with Crippen molar-refractivity contribution in [3.63, 3.8) is 0 Å². The molecule has 1 N–H and O–H groups in total. The Labute approximate surface area is 165 Å². The molecule has 0 aliphatic carbocycles. The SMILES string of the molecule is C[C@H]1C[C@H](C)CN(CCCNC(=O)CSCc2ccc(Cl)c(Cl)c2)C1. The molecule has 0 radical (unpaired) electrons. The third-order valence-corrected chi connectivity index (χ3v) is 6.15. The quantitative estimate of drug-likeness (QED) is 0.638. The van der Waals surface area contributed by atoms with Crippen molar-refractivity contribution in [2.45, 2.75) is 32.4 Å². The van der Waals surface area contributed by atoms with Crippen molar-refractivity contribution in [3.8, 4) is 0 Å². The zero-order chi connectivity index (χ0) is 18.2. The second-order valence-electron chi connectivity index (χ2n) is 7.15. The lowest BCUT2D eigenvalue weighted by atomic mass is 9.92. The van der Waals surface area contributed by atoms with E-state index in [1.807, 2.05) is 12.1 Å². The number of piperidine rings is 1. The fourth-order valence-corrected chi connectivity index (χ4v) is 4.57. The maximum Gasteiger partial charge on any atom is 0.230 e. The summed E-state index contributed by atoms with van der Waals surface area (Å²) in [7, 11) is 0. The maximum atomic E-state index is 11.9. The molecule has 0 unspecified atom stereocenters. The summed E-state index contributed by atoms with van der Waals surface area (Å²) in [5.74, 6) is 2.91. The Morgan fingerprint density at radius 3 is 2.64 bits per heavy atom. The molecule has 1 aliphatic rings. The molecule has 1 aromatic rings. The van der Waals surface area contributed by atoms with E-state index in [0.29, 0.717) is 15.8 Å². The van der Waals surface area contributed by atoms with E-state index < -0.39 is 0 Å². The molecule has 1 aromatic carbocycles. The van der Waals surface area contributed by atoms with Gasteiger partial charge >= 0.3 is 0 Å². The minimum atomic E-state index is 0.102. The number of rotatable bonds is 8. The average Bonchev–Trinajstić information content (AvgIpc) is 2.54. The van der Waals surface area contributed by atoms with Crippen LogP contribution in [-0.4, -0.2) is 42.7 Å². The third-order valence-electron chi connectivity index (χ3n) is 4.40. The summed E-state index contributed by atoms with van der Waals surface area (Å²) in [6, 6.07) is 5.59. The van der Waals surface area contributed by atoms with E-state index in [9.17, 15) is 4.79 Å². The highest BCUT2D eigenvalue weighted by Crippen LogP contribution is 2.24. The third kappa shape index (κ3) is 7.78. The second-order valence-corrected chi connectivity index (χ2v) is 8.95. The van der Waals surface area contributed by atoms with Crippen LogP contribution in [0, 0.1) is 11.8 Å². The summed E-state index contributed by atoms with van der Waals surface area (Å²) >= 11 is 13.5. The summed E-state index contributed by atoms with van der Waals surface area (Å²) in [6.45, 7) is 8.87. The Balaban J connectivity index is 1.55. The molecule has 1 saturated heterocycles. The van der Waals surface area contributed by atoms with Gasteiger partial charge in [-0.2, -0.15) is 0 Å². The summed E-state index contributed by atoms with van der Waals surface area (Å²) in [5.41, 5.74) is 1.08. The van der Waals surface area contributed by atoms with Crippen LogP contribution in [0.15, 0.2) is 18.2 Å². The lowest BCUT2D eigenvalue weighted by Crippen LogP contribution is -2.40. The van der Waals surface area contributed by atoms with Gasteiger partial charge in [0.2, 0.25) is 5.91 Å². The van der Waals surface area contributed by atoms with Crippen LogP contribution >= 0.6 is 35.0 Å². The Kier molecular flexibility index (Phi) is 8.91. The van der Waals surface area contributed by atoms with Gasteiger partial charge in [0.25, 0.3) is 0 Å². The van der Waals surface area contributed by atoms with Crippen molar-refractivity contribution in [2.24, 2.45) is 11.8 Å². The van der Waals surface area contributed by atoms with Crippen LogP contribution in [-0.2, 0) is 10.5 Å². The minimum Gasteiger partial charge on any atom is -0.355 e. The monoisotopic (exact) mass is 402 g/mol. The van der Waals surface area contributed by atoms with Gasteiger partial charge in [0.15, 0.2) is 0 Å². The van der Waals surface area contributed by atoms with E-state index in [-0.39, 0.29) is 5.91 Å². The van der Waals surface area contributed by atoms with E-state index in [4.69, 9.17) is 23.2 Å². The van der Waals surface area contributed by atoms with Gasteiger partial charge in [-0.3, -0.25) is 4.79 Å². The largest absolute Gasteiger partial charge is 0.355 e. The zero-order valence-corrected chi connectivity index (χ0v) is 17.4. The van der Waals surface area contributed by atoms with Gasteiger partial charge in [-0.1, -0.05) is 43.1 Å². The molecule has 140 valence electrons. The molecule has 2 rings (SSSR count). The van der Waals surface area contributed by atoms with Gasteiger partial charge in [0.05, 0.1) is 15.8 Å². The first-order chi connectivity index (χ1) is 11.9. The van der Waals surface area contributed by atoms with Crippen LogP contribution in [0.5, 0.6) is 0 Å². The molecule has 6 heteroatoms. The Bertz CT molecular complexity index is 560. The summed E-state index contributed by atoms with van der Waals surface area (Å²) in [5, 5.41) is 4.14. The zero-order valence-electron chi connectivity index (χ0n) is 15.1. The first kappa shape index (κ1) is 20.9. The fourth-order valence-electron chi connectivity index (χ4n) is 3.45. The molecule has 1 aliphatic heterocycles. The topological polar surface area (TPSA) is 32.3 Å². The van der Waals surface area contributed by atoms with Crippen LogP contribution in [0.4, 0.5) is 0 Å². The summed E-state index contributed by atoms with van der Waals surface area (Å²) in [4.78, 5) is 14.4. The number of benzene rings is 1. The molecular formula is C19H28Cl2N2OS. The van der Waals surface area contributed by atoms with Gasteiger partial charge in [0, 0.05) is 25.4 Å². The molecule has 0 saturated carbocycles. The Morgan fingerprint density at radius 1 is 1.24 bits per heavy atom. The highest BCUT2D eigenvalue weighted by atomic mass is 35.5. The van der Waals surface area contributed by atoms with Crippen LogP contribution in [0.2, 0.25) is 10.0 Å². The van der Waals surface area contributed by atoms with E-state index in [1.165, 1.54) is 19.5 Å². The number of nitrogens with one attached hydrogen (secondary N) is 1. The van der Waals surface area contributed by atoms with Crippen molar-refractivity contribution in [1.29, 1.82) is 0 Å². The molecule has 0 spiro atoms. The van der Waals surface area contributed by atoms with Gasteiger partial charge < -0.3 is 10.2 Å². The van der Waals surface area contributed by atoms with Crippen molar-refractivity contribution in [1.82, 2.24) is 10.2 Å². The molecule has 2 atom stereocenters. The molecule has 1 fully saturated rings. The fraction of sp³-hybridized carbons (Fsp3) is 0.632. The van der Waals surface area contributed by atoms with Crippen molar-refractivity contribution in [3.05, 3.63) is 33.8 Å². The standard InChI is InChI=1S/C19H28Cl2N2OS/c1-14-8-15(2)11-23(10-14)7-3-6-22-19(24)13-25-12-16-4-5-17(20)18(21)9-16/h4-5,9,14-15H,3,6-8,10-13H2,1-2H3,(H,22,24)/t14-,15-/m0/s1. The van der Waals surface area contributed by atoms with Gasteiger partial charge in [0.1, 0.15) is 0 Å². The van der Waals surface area contributed by atoms with Crippen LogP contribution in [0.1, 0.15) is 32.3 Å². The molecule has 1 heterocycles. The number of hydrogen-bond acceptors (Lipinski definition) is 3. The highest BCUT2D eigenvalue weighted by Gasteiger charge is 2.20. The maximum absolute atomic E-state index is 11.9. The smallest absolute Gasteiger partial charge is 0.230 e. The Hall–Kier alpha value is -0.420. The number of amides is 1. The molecule has 3 nitrogen and oxygen atoms in total. The Morgan fingerprint density at radius 2 is 1.96 bits per heavy atom. The van der Waals surface area contributed by atoms with Crippen LogP contribution < -0.4 is 5.32 Å². The highest BCUT2D eigenvalue weighted by molar-refractivity contribution is 7.99. The van der Waals surface area contributed by atoms with E-state index >= 15 is 0 Å². The molecule has 0 aromatic heterocycles. The normalized spacial score (nSPS) is 21.3. The van der Waals surface area contributed by atoms with Crippen molar-refractivity contribution < 1.29 is 4.79 Å². The number of thioether (sulfide) groups is 1. The number of likely N-dealkylation sites (tertiary alicyclic amines) is 1. The van der Waals surface area contributed by atoms with Crippen LogP contribution in [0.3, 0.4) is 0 Å². The molecule has 0 bridgehead atoms. The minimum absolute atomic E-state index is 0.102. The molecule has 25 heavy (non-hydrogen) atoms. The summed E-state index contributed by atoms with van der Waals surface area (Å²) in [6.07, 6.45) is 2.35. The van der Waals surface area contributed by atoms with Crippen molar-refractivity contribution >= 4 is 40.9 Å². The first-order valence-corrected chi connectivity index (χ1v) is 10.9. The lowest BCUT2D eigenvalue weighted by Gasteiger charge is -2.34. The first-order valence-electron chi connectivity index (χ1n) is 8.94. The van der Waals surface area contributed by atoms with Crippen LogP contribution in [0.25, 0.3) is 0 Å². The van der Waals surface area contributed by atoms with E-state index in [0.717, 1.165) is 42.7 Å². The number of carbonyl (C=O) groups is 1. The molecule has 1 amide bonds. The number of nitrogens with zero attached hydrogens (tertiary/aromatic N) is 1. The number of carbonyl (C=O) groups excluding carboxylic acids is 1. The lowest BCUT2D eigenvalue weighted by molar-refractivity contribution is -0.118. The van der Waals surface area contributed by atoms with Crippen molar-refractivity contribution in [2.75, 3.05) is 31.9 Å². The van der Waals surface area contributed by atoms with Gasteiger partial charge in [-0.15, -0.1) is 11.8 Å². The van der Waals surface area contributed by atoms with E-state index in [2.05, 4.69) is 24.1 Å². The van der Waals surface area contributed by atoms with E-state index in [1.54, 1.807) is 17.8 Å². The number of hydrogen-bond donors (Lipinski definition) is 1. The number of halogens is 2. The van der Waals surface area contributed by atoms with Gasteiger partial charge in [-0.25, -0.2) is 0 Å². The molecular weight excluding hydrogens is 375 g/mol. The average molecular weight is 403 g/mol. The summed E-state index contributed by atoms with van der Waals surface area (Å²) < 4.78 is 0.